The molecule has 1 fully saturated rings. The van der Waals surface area contributed by atoms with Gasteiger partial charge in [0.05, 0.1) is 29.5 Å². The quantitative estimate of drug-likeness (QED) is 0.308. The third-order valence-corrected chi connectivity index (χ3v) is 6.32. The second-order valence-electron chi connectivity index (χ2n) is 9.18. The van der Waals surface area contributed by atoms with Crippen molar-refractivity contribution in [2.45, 2.75) is 45.4 Å². The summed E-state index contributed by atoms with van der Waals surface area (Å²) in [5.74, 6) is -0.330. The average molecular weight is 559 g/mol. The van der Waals surface area contributed by atoms with Crippen molar-refractivity contribution in [2.24, 2.45) is 0 Å². The molecule has 4 rings (SSSR count). The molecule has 3 aromatic rings. The molecule has 0 aliphatic carbocycles. The molecule has 208 valence electrons. The van der Waals surface area contributed by atoms with Gasteiger partial charge in [-0.05, 0) is 63.4 Å². The topological polar surface area (TPSA) is 145 Å². The highest BCUT2D eigenvalue weighted by atomic mass is 35.5. The Balaban J connectivity index is 1.34. The molecule has 0 radical (unpaired) electrons. The average Bonchev–Trinajstić information content (AvgIpc) is 3.37. The molecule has 1 unspecified atom stereocenters. The number of rotatable bonds is 8. The summed E-state index contributed by atoms with van der Waals surface area (Å²) in [6.45, 7) is 4.17. The molecule has 2 heterocycles. The number of methoxy groups -OCH3 is 1. The molecule has 13 heteroatoms. The summed E-state index contributed by atoms with van der Waals surface area (Å²) in [6.07, 6.45) is 4.45. The number of carbonyl (C=O) groups excluding carboxylic acids is 3. The largest absolute Gasteiger partial charge is 0.493 e. The van der Waals surface area contributed by atoms with Gasteiger partial charge >= 0.3 is 6.03 Å². The first-order valence-electron chi connectivity index (χ1n) is 12.5. The van der Waals surface area contributed by atoms with Gasteiger partial charge in [0.2, 0.25) is 0 Å². The highest BCUT2D eigenvalue weighted by molar-refractivity contribution is 6.38. The van der Waals surface area contributed by atoms with E-state index in [1.165, 1.54) is 25.3 Å². The number of hydrogen-bond donors (Lipinski definition) is 4. The molecular formula is C26H31ClN6O6. The second kappa shape index (κ2) is 12.7. The first-order chi connectivity index (χ1) is 18.8. The fourth-order valence-corrected chi connectivity index (χ4v) is 4.36. The molecule has 1 aliphatic heterocycles. The minimum Gasteiger partial charge on any atom is -0.493 e. The van der Waals surface area contributed by atoms with E-state index in [0.29, 0.717) is 28.5 Å². The molecule has 39 heavy (non-hydrogen) atoms. The molecule has 1 atom stereocenters. The lowest BCUT2D eigenvalue weighted by atomic mass is 10.2. The van der Waals surface area contributed by atoms with Gasteiger partial charge in [-0.25, -0.2) is 14.9 Å². The fourth-order valence-electron chi connectivity index (χ4n) is 4.10. The van der Waals surface area contributed by atoms with Gasteiger partial charge in [0.1, 0.15) is 0 Å². The summed E-state index contributed by atoms with van der Waals surface area (Å²) >= 11 is 6.54. The van der Waals surface area contributed by atoms with Crippen molar-refractivity contribution in [3.05, 3.63) is 47.1 Å². The van der Waals surface area contributed by atoms with Gasteiger partial charge in [-0.1, -0.05) is 11.6 Å². The van der Waals surface area contributed by atoms with Crippen LogP contribution in [0.5, 0.6) is 11.5 Å². The van der Waals surface area contributed by atoms with E-state index in [4.69, 9.17) is 25.8 Å². The Kier molecular flexibility index (Phi) is 9.10. The molecule has 1 saturated heterocycles. The fraction of sp³-hybridized carbons (Fsp3) is 0.385. The van der Waals surface area contributed by atoms with Crippen LogP contribution in [0.15, 0.2) is 36.5 Å². The Morgan fingerprint density at radius 1 is 1.15 bits per heavy atom. The summed E-state index contributed by atoms with van der Waals surface area (Å²) in [4.78, 5) is 36.9. The number of ether oxygens (including phenoxy) is 3. The molecule has 1 aromatic heterocycles. The highest BCUT2D eigenvalue weighted by Gasteiger charge is 2.21. The first-order valence-corrected chi connectivity index (χ1v) is 12.9. The third kappa shape index (κ3) is 6.89. The van der Waals surface area contributed by atoms with Gasteiger partial charge in [-0.2, -0.15) is 5.10 Å². The normalized spacial score (nSPS) is 15.1. The number of amides is 4. The van der Waals surface area contributed by atoms with Crippen LogP contribution < -0.4 is 31.0 Å². The monoisotopic (exact) mass is 558 g/mol. The van der Waals surface area contributed by atoms with E-state index < -0.39 is 11.9 Å². The third-order valence-electron chi connectivity index (χ3n) is 5.92. The van der Waals surface area contributed by atoms with Crippen molar-refractivity contribution in [3.63, 3.8) is 0 Å². The SMILES string of the molecule is COc1cc(C(=O)NNC(=O)Nc2ccc3c(cnn3C3CCCCO3)c2Cl)ccc1OCC(=O)NC(C)C. The number of benzene rings is 2. The second-order valence-corrected chi connectivity index (χ2v) is 9.56. The number of nitrogens with one attached hydrogen (secondary N) is 4. The van der Waals surface area contributed by atoms with Gasteiger partial charge in [-0.15, -0.1) is 0 Å². The molecule has 0 saturated carbocycles. The summed E-state index contributed by atoms with van der Waals surface area (Å²) in [7, 11) is 1.41. The Labute approximate surface area is 230 Å². The van der Waals surface area contributed by atoms with Gasteiger partial charge in [0, 0.05) is 23.6 Å². The Morgan fingerprint density at radius 2 is 1.97 bits per heavy atom. The summed E-state index contributed by atoms with van der Waals surface area (Å²) in [5.41, 5.74) is 5.97. The minimum atomic E-state index is -0.698. The number of anilines is 1. The number of nitrogens with zero attached hydrogens (tertiary/aromatic N) is 2. The zero-order valence-corrected chi connectivity index (χ0v) is 22.6. The summed E-state index contributed by atoms with van der Waals surface area (Å²) in [5, 5.41) is 10.8. The van der Waals surface area contributed by atoms with Crippen molar-refractivity contribution in [2.75, 3.05) is 25.6 Å². The van der Waals surface area contributed by atoms with Crippen molar-refractivity contribution < 1.29 is 28.6 Å². The molecular weight excluding hydrogens is 528 g/mol. The number of carbonyl (C=O) groups is 3. The van der Waals surface area contributed by atoms with E-state index >= 15 is 0 Å². The zero-order chi connectivity index (χ0) is 27.9. The first kappa shape index (κ1) is 28.0. The minimum absolute atomic E-state index is 0.0157. The Hall–Kier alpha value is -4.03. The predicted octanol–water partition coefficient (Wildman–Crippen LogP) is 3.77. The van der Waals surface area contributed by atoms with Crippen LogP contribution in [-0.2, 0) is 9.53 Å². The van der Waals surface area contributed by atoms with Gasteiger partial charge < -0.3 is 24.8 Å². The number of halogens is 1. The summed E-state index contributed by atoms with van der Waals surface area (Å²) < 4.78 is 18.4. The maximum Gasteiger partial charge on any atom is 0.337 e. The molecule has 4 N–H and O–H groups in total. The van der Waals surface area contributed by atoms with Crippen LogP contribution >= 0.6 is 11.6 Å². The van der Waals surface area contributed by atoms with E-state index in [9.17, 15) is 14.4 Å². The van der Waals surface area contributed by atoms with Crippen molar-refractivity contribution in [3.8, 4) is 11.5 Å². The lowest BCUT2D eigenvalue weighted by Gasteiger charge is -2.23. The smallest absolute Gasteiger partial charge is 0.337 e. The number of aromatic nitrogens is 2. The van der Waals surface area contributed by atoms with E-state index in [-0.39, 0.29) is 36.1 Å². The predicted molar refractivity (Wildman–Crippen MR) is 145 cm³/mol. The number of fused-ring (bicyclic) bond motifs is 1. The zero-order valence-electron chi connectivity index (χ0n) is 21.9. The Bertz CT molecular complexity index is 1350. The Morgan fingerprint density at radius 3 is 2.69 bits per heavy atom. The van der Waals surface area contributed by atoms with E-state index in [2.05, 4.69) is 26.6 Å². The number of urea groups is 1. The molecule has 4 amide bonds. The molecule has 0 spiro atoms. The van der Waals surface area contributed by atoms with Crippen LogP contribution in [0.4, 0.5) is 10.5 Å². The van der Waals surface area contributed by atoms with Crippen molar-refractivity contribution in [1.82, 2.24) is 25.9 Å². The summed E-state index contributed by atoms with van der Waals surface area (Å²) in [6, 6.07) is 7.17. The lowest BCUT2D eigenvalue weighted by Crippen LogP contribution is -2.43. The molecule has 1 aliphatic rings. The van der Waals surface area contributed by atoms with E-state index in [0.717, 1.165) is 24.8 Å². The van der Waals surface area contributed by atoms with Gasteiger partial charge in [0.25, 0.3) is 11.8 Å². The van der Waals surface area contributed by atoms with E-state index in [1.807, 2.05) is 19.9 Å². The van der Waals surface area contributed by atoms with Crippen LogP contribution in [0, 0.1) is 0 Å². The van der Waals surface area contributed by atoms with Gasteiger partial charge in [-0.3, -0.25) is 15.0 Å². The van der Waals surface area contributed by atoms with Gasteiger partial charge in [0.15, 0.2) is 24.3 Å². The maximum atomic E-state index is 12.6. The van der Waals surface area contributed by atoms with Crippen LogP contribution in [0.2, 0.25) is 5.02 Å². The molecule has 12 nitrogen and oxygen atoms in total. The van der Waals surface area contributed by atoms with Crippen molar-refractivity contribution >= 4 is 46.0 Å². The maximum absolute atomic E-state index is 12.6. The molecule has 2 aromatic carbocycles. The number of hydrogen-bond acceptors (Lipinski definition) is 7. The molecule has 0 bridgehead atoms. The van der Waals surface area contributed by atoms with Crippen LogP contribution in [0.25, 0.3) is 10.9 Å². The van der Waals surface area contributed by atoms with Crippen LogP contribution in [0.1, 0.15) is 49.7 Å². The number of hydrazine groups is 1. The van der Waals surface area contributed by atoms with Crippen LogP contribution in [-0.4, -0.2) is 54.0 Å². The van der Waals surface area contributed by atoms with E-state index in [1.54, 1.807) is 16.9 Å². The standard InChI is InChI=1S/C26H31ClN6O6/c1-15(2)29-22(34)14-39-20-10-7-16(12-21(20)37-3)25(35)31-32-26(36)30-18-8-9-19-17(24(18)27)13-28-33(19)23-6-4-5-11-38-23/h7-10,12-13,15,23H,4-6,11,14H2,1-3H3,(H,29,34)(H,31,35)(H2,30,32,36). The van der Waals surface area contributed by atoms with Crippen LogP contribution in [0.3, 0.4) is 0 Å². The lowest BCUT2D eigenvalue weighted by molar-refractivity contribution is -0.123. The highest BCUT2D eigenvalue weighted by Crippen LogP contribution is 2.34. The van der Waals surface area contributed by atoms with Crippen molar-refractivity contribution in [1.29, 1.82) is 0 Å².